The van der Waals surface area contributed by atoms with Crippen molar-refractivity contribution in [2.24, 2.45) is 11.7 Å². The molecule has 2 heterocycles. The summed E-state index contributed by atoms with van der Waals surface area (Å²) in [5.74, 6) is 0.174. The summed E-state index contributed by atoms with van der Waals surface area (Å²) in [6.45, 7) is 0.899. The normalized spacial score (nSPS) is 21.4. The molecule has 1 saturated heterocycles. The molecule has 2 rings (SSSR count). The van der Waals surface area contributed by atoms with E-state index in [0.717, 1.165) is 5.01 Å². The summed E-state index contributed by atoms with van der Waals surface area (Å²) in [4.78, 5) is 16.0. The van der Waals surface area contributed by atoms with Gasteiger partial charge < -0.3 is 11.1 Å². The van der Waals surface area contributed by atoms with Crippen LogP contribution in [0.25, 0.3) is 0 Å². The first kappa shape index (κ1) is 14.4. The molecule has 0 aromatic carbocycles. The number of carbonyl (C=O) groups excluding carboxylic acids is 1. The highest BCUT2D eigenvalue weighted by atomic mass is 32.2. The maximum absolute atomic E-state index is 11.8. The molecule has 1 aromatic heterocycles. The van der Waals surface area contributed by atoms with Gasteiger partial charge in [0.1, 0.15) is 5.69 Å². The highest BCUT2D eigenvalue weighted by Gasteiger charge is 2.28. The molecule has 0 aliphatic carbocycles. The zero-order chi connectivity index (χ0) is 13.9. The van der Waals surface area contributed by atoms with Crippen LogP contribution in [0.2, 0.25) is 0 Å². The summed E-state index contributed by atoms with van der Waals surface area (Å²) in [7, 11) is -2.89. The summed E-state index contributed by atoms with van der Waals surface area (Å²) in [6, 6.07) is 0. The second kappa shape index (κ2) is 5.98. The third-order valence-corrected chi connectivity index (χ3v) is 5.77. The Bertz CT molecular complexity index is 553. The van der Waals surface area contributed by atoms with Gasteiger partial charge in [-0.1, -0.05) is 0 Å². The number of nitrogens with zero attached hydrogens (tertiary/aromatic N) is 1. The van der Waals surface area contributed by atoms with Crippen LogP contribution in [0.5, 0.6) is 0 Å². The Morgan fingerprint density at radius 2 is 2.37 bits per heavy atom. The van der Waals surface area contributed by atoms with E-state index in [0.29, 0.717) is 31.6 Å². The summed E-state index contributed by atoms with van der Waals surface area (Å²) >= 11 is 1.41. The third-order valence-electron chi connectivity index (χ3n) is 3.02. The van der Waals surface area contributed by atoms with Gasteiger partial charge in [0.15, 0.2) is 9.84 Å². The van der Waals surface area contributed by atoms with Crippen molar-refractivity contribution in [1.29, 1.82) is 0 Å². The first-order valence-electron chi connectivity index (χ1n) is 6.13. The lowest BCUT2D eigenvalue weighted by molar-refractivity contribution is 0.0944. The molecule has 1 amide bonds. The van der Waals surface area contributed by atoms with Gasteiger partial charge in [-0.2, -0.15) is 0 Å². The van der Waals surface area contributed by atoms with Gasteiger partial charge >= 0.3 is 0 Å². The number of aromatic nitrogens is 1. The standard InChI is InChI=1S/C11H17N3O3S2/c12-3-1-10-14-9(6-18-10)11(15)13-5-8-2-4-19(16,17)7-8/h6,8H,1-5,7,12H2,(H,13,15). The molecule has 1 atom stereocenters. The first-order valence-corrected chi connectivity index (χ1v) is 8.83. The van der Waals surface area contributed by atoms with Crippen LogP contribution >= 0.6 is 11.3 Å². The van der Waals surface area contributed by atoms with Gasteiger partial charge in [-0.15, -0.1) is 11.3 Å². The predicted molar refractivity (Wildman–Crippen MR) is 74.0 cm³/mol. The van der Waals surface area contributed by atoms with Crippen LogP contribution in [0.1, 0.15) is 21.9 Å². The Kier molecular flexibility index (Phi) is 4.54. The van der Waals surface area contributed by atoms with Crippen LogP contribution in [0.3, 0.4) is 0 Å². The minimum Gasteiger partial charge on any atom is -0.350 e. The molecule has 19 heavy (non-hydrogen) atoms. The minimum absolute atomic E-state index is 0.0242. The van der Waals surface area contributed by atoms with Gasteiger partial charge in [0.05, 0.1) is 16.5 Å². The van der Waals surface area contributed by atoms with Crippen molar-refractivity contribution in [1.82, 2.24) is 10.3 Å². The summed E-state index contributed by atoms with van der Waals surface area (Å²) < 4.78 is 22.6. The van der Waals surface area contributed by atoms with Crippen molar-refractivity contribution in [3.63, 3.8) is 0 Å². The molecule has 8 heteroatoms. The average Bonchev–Trinajstić information content (AvgIpc) is 2.93. The Morgan fingerprint density at radius 3 is 3.00 bits per heavy atom. The van der Waals surface area contributed by atoms with E-state index in [9.17, 15) is 13.2 Å². The predicted octanol–water partition coefficient (Wildman–Crippen LogP) is -0.191. The fraction of sp³-hybridized carbons (Fsp3) is 0.636. The van der Waals surface area contributed by atoms with Crippen LogP contribution in [0, 0.1) is 5.92 Å². The molecule has 106 valence electrons. The lowest BCUT2D eigenvalue weighted by atomic mass is 10.1. The van der Waals surface area contributed by atoms with Gasteiger partial charge in [-0.3, -0.25) is 4.79 Å². The molecular weight excluding hydrogens is 286 g/mol. The number of hydrogen-bond acceptors (Lipinski definition) is 6. The summed E-state index contributed by atoms with van der Waals surface area (Å²) in [5, 5.41) is 5.29. The number of hydrogen-bond donors (Lipinski definition) is 2. The number of sulfone groups is 1. The van der Waals surface area contributed by atoms with E-state index >= 15 is 0 Å². The monoisotopic (exact) mass is 303 g/mol. The van der Waals surface area contributed by atoms with Crippen LogP contribution in [0.4, 0.5) is 0 Å². The SMILES string of the molecule is NCCc1nc(C(=O)NCC2CCS(=O)(=O)C2)cs1. The third kappa shape index (κ3) is 3.99. The number of nitrogens with two attached hydrogens (primary N) is 1. The van der Waals surface area contributed by atoms with E-state index in [1.165, 1.54) is 11.3 Å². The number of nitrogens with one attached hydrogen (secondary N) is 1. The largest absolute Gasteiger partial charge is 0.350 e. The van der Waals surface area contributed by atoms with E-state index < -0.39 is 9.84 Å². The topological polar surface area (TPSA) is 102 Å². The van der Waals surface area contributed by atoms with Gasteiger partial charge in [0.25, 0.3) is 5.91 Å². The smallest absolute Gasteiger partial charge is 0.270 e. The van der Waals surface area contributed by atoms with Crippen molar-refractivity contribution in [3.05, 3.63) is 16.1 Å². The summed E-state index contributed by atoms with van der Waals surface area (Å²) in [6.07, 6.45) is 1.29. The van der Waals surface area contributed by atoms with Gasteiger partial charge in [-0.05, 0) is 18.9 Å². The van der Waals surface area contributed by atoms with Crippen LogP contribution in [0.15, 0.2) is 5.38 Å². The highest BCUT2D eigenvalue weighted by molar-refractivity contribution is 7.91. The molecular formula is C11H17N3O3S2. The maximum Gasteiger partial charge on any atom is 0.270 e. The second-order valence-corrected chi connectivity index (χ2v) is 7.82. The van der Waals surface area contributed by atoms with E-state index in [-0.39, 0.29) is 23.3 Å². The fourth-order valence-electron chi connectivity index (χ4n) is 2.01. The lowest BCUT2D eigenvalue weighted by Gasteiger charge is -2.08. The van der Waals surface area contributed by atoms with Crippen molar-refractivity contribution < 1.29 is 13.2 Å². The Labute approximate surface area is 116 Å². The van der Waals surface area contributed by atoms with Crippen molar-refractivity contribution in [2.75, 3.05) is 24.6 Å². The van der Waals surface area contributed by atoms with Gasteiger partial charge in [-0.25, -0.2) is 13.4 Å². The van der Waals surface area contributed by atoms with Gasteiger partial charge in [0, 0.05) is 18.3 Å². The fourth-order valence-corrected chi connectivity index (χ4v) is 4.67. The van der Waals surface area contributed by atoms with Gasteiger partial charge in [0.2, 0.25) is 0 Å². The van der Waals surface area contributed by atoms with Crippen LogP contribution in [-0.2, 0) is 16.3 Å². The quantitative estimate of drug-likeness (QED) is 0.785. The molecule has 1 unspecified atom stereocenters. The second-order valence-electron chi connectivity index (χ2n) is 4.64. The molecule has 1 aromatic rings. The zero-order valence-electron chi connectivity index (χ0n) is 10.5. The number of amides is 1. The molecule has 0 saturated carbocycles. The Hall–Kier alpha value is -0.990. The number of thiazole rings is 1. The zero-order valence-corrected chi connectivity index (χ0v) is 12.1. The number of carbonyl (C=O) groups is 1. The highest BCUT2D eigenvalue weighted by Crippen LogP contribution is 2.17. The molecule has 1 aliphatic heterocycles. The van der Waals surface area contributed by atoms with Crippen LogP contribution < -0.4 is 11.1 Å². The molecule has 0 bridgehead atoms. The van der Waals surface area contributed by atoms with Crippen molar-refractivity contribution in [2.45, 2.75) is 12.8 Å². The van der Waals surface area contributed by atoms with E-state index in [1.807, 2.05) is 0 Å². The van der Waals surface area contributed by atoms with Crippen LogP contribution in [-0.4, -0.2) is 43.9 Å². The van der Waals surface area contributed by atoms with Crippen molar-refractivity contribution in [3.8, 4) is 0 Å². The number of rotatable bonds is 5. The minimum atomic E-state index is -2.89. The molecule has 0 radical (unpaired) electrons. The first-order chi connectivity index (χ1) is 9.00. The van der Waals surface area contributed by atoms with E-state index in [2.05, 4.69) is 10.3 Å². The Morgan fingerprint density at radius 1 is 1.58 bits per heavy atom. The summed E-state index contributed by atoms with van der Waals surface area (Å²) in [5.41, 5.74) is 5.81. The molecule has 1 fully saturated rings. The van der Waals surface area contributed by atoms with E-state index in [1.54, 1.807) is 5.38 Å². The molecule has 1 aliphatic rings. The van der Waals surface area contributed by atoms with Crippen molar-refractivity contribution >= 4 is 27.1 Å². The molecule has 3 N–H and O–H groups in total. The average molecular weight is 303 g/mol. The van der Waals surface area contributed by atoms with E-state index in [4.69, 9.17) is 5.73 Å². The molecule has 0 spiro atoms. The lowest BCUT2D eigenvalue weighted by Crippen LogP contribution is -2.30. The Balaban J connectivity index is 1.84. The maximum atomic E-state index is 11.8. The molecule has 6 nitrogen and oxygen atoms in total.